The van der Waals surface area contributed by atoms with Crippen LogP contribution in [0.25, 0.3) is 11.0 Å². The molecule has 3 heteroatoms. The Morgan fingerprint density at radius 2 is 2.26 bits per heavy atom. The molecule has 1 aromatic heterocycles. The number of aromatic nitrogens is 2. The Balaban J connectivity index is 1.58. The molecule has 19 heavy (non-hydrogen) atoms. The molecule has 4 rings (SSSR count). The summed E-state index contributed by atoms with van der Waals surface area (Å²) < 4.78 is 5.26. The van der Waals surface area contributed by atoms with Gasteiger partial charge in [0.05, 0.1) is 18.1 Å². The molecular weight excluding hydrogens is 236 g/mol. The quantitative estimate of drug-likeness (QED) is 0.912. The molecular formula is C16H20N2O. The van der Waals surface area contributed by atoms with Gasteiger partial charge in [0.2, 0.25) is 0 Å². The first-order valence-corrected chi connectivity index (χ1v) is 7.34. The van der Waals surface area contributed by atoms with Gasteiger partial charge in [0.25, 0.3) is 0 Å². The number of hydrogen-bond acceptors (Lipinski definition) is 2. The first-order chi connectivity index (χ1) is 9.31. The minimum Gasteiger partial charge on any atom is -0.497 e. The van der Waals surface area contributed by atoms with Gasteiger partial charge in [0.15, 0.2) is 0 Å². The molecule has 1 aromatic carbocycles. The lowest BCUT2D eigenvalue weighted by Gasteiger charge is -2.20. The standard InChI is InChI=1S/C16H20N2O/c1-19-13-4-5-14-15(9-13)18-16(17-14)8-12-7-10-2-3-11(12)6-10/h4-5,9-12H,2-3,6-8H2,1H3,(H,17,18). The highest BCUT2D eigenvalue weighted by molar-refractivity contribution is 5.76. The van der Waals surface area contributed by atoms with E-state index in [2.05, 4.69) is 4.98 Å². The van der Waals surface area contributed by atoms with Crippen LogP contribution >= 0.6 is 0 Å². The van der Waals surface area contributed by atoms with Crippen molar-refractivity contribution in [2.75, 3.05) is 7.11 Å². The lowest BCUT2D eigenvalue weighted by atomic mass is 9.86. The summed E-state index contributed by atoms with van der Waals surface area (Å²) in [5.74, 6) is 4.89. The number of methoxy groups -OCH3 is 1. The topological polar surface area (TPSA) is 37.9 Å². The Bertz CT molecular complexity index is 604. The summed E-state index contributed by atoms with van der Waals surface area (Å²) in [5, 5.41) is 0. The highest BCUT2D eigenvalue weighted by Gasteiger charge is 2.39. The summed E-state index contributed by atoms with van der Waals surface area (Å²) in [6, 6.07) is 6.05. The van der Waals surface area contributed by atoms with Crippen LogP contribution in [0.1, 0.15) is 31.5 Å². The molecule has 2 bridgehead atoms. The highest BCUT2D eigenvalue weighted by atomic mass is 16.5. The molecule has 2 aromatic rings. The number of nitrogens with zero attached hydrogens (tertiary/aromatic N) is 1. The molecule has 2 aliphatic rings. The van der Waals surface area contributed by atoms with Crippen LogP contribution in [0.2, 0.25) is 0 Å². The van der Waals surface area contributed by atoms with Crippen molar-refractivity contribution in [3.05, 3.63) is 24.0 Å². The third kappa shape index (κ3) is 1.92. The summed E-state index contributed by atoms with van der Waals surface area (Å²) >= 11 is 0. The zero-order chi connectivity index (χ0) is 12.8. The first-order valence-electron chi connectivity index (χ1n) is 7.34. The Hall–Kier alpha value is -1.51. The second-order valence-electron chi connectivity index (χ2n) is 6.21. The number of fused-ring (bicyclic) bond motifs is 3. The van der Waals surface area contributed by atoms with Gasteiger partial charge in [-0.3, -0.25) is 0 Å². The van der Waals surface area contributed by atoms with Crippen molar-refractivity contribution in [1.29, 1.82) is 0 Å². The fourth-order valence-corrected chi connectivity index (χ4v) is 4.14. The van der Waals surface area contributed by atoms with Gasteiger partial charge in [-0.1, -0.05) is 6.42 Å². The van der Waals surface area contributed by atoms with E-state index in [0.29, 0.717) is 0 Å². The van der Waals surface area contributed by atoms with Gasteiger partial charge < -0.3 is 9.72 Å². The van der Waals surface area contributed by atoms with Crippen molar-refractivity contribution in [1.82, 2.24) is 9.97 Å². The van der Waals surface area contributed by atoms with E-state index in [1.165, 1.54) is 25.7 Å². The van der Waals surface area contributed by atoms with Gasteiger partial charge in [0.1, 0.15) is 11.6 Å². The summed E-state index contributed by atoms with van der Waals surface area (Å²) in [7, 11) is 1.70. The van der Waals surface area contributed by atoms with E-state index < -0.39 is 0 Å². The second-order valence-corrected chi connectivity index (χ2v) is 6.21. The lowest BCUT2D eigenvalue weighted by molar-refractivity contribution is 0.327. The second kappa shape index (κ2) is 4.26. The normalized spacial score (nSPS) is 29.2. The van der Waals surface area contributed by atoms with Gasteiger partial charge in [-0.15, -0.1) is 0 Å². The van der Waals surface area contributed by atoms with E-state index in [-0.39, 0.29) is 0 Å². The Morgan fingerprint density at radius 1 is 1.32 bits per heavy atom. The molecule has 3 nitrogen and oxygen atoms in total. The highest BCUT2D eigenvalue weighted by Crippen LogP contribution is 2.49. The fourth-order valence-electron chi connectivity index (χ4n) is 4.14. The molecule has 1 N–H and O–H groups in total. The molecule has 3 atom stereocenters. The van der Waals surface area contributed by atoms with Crippen molar-refractivity contribution in [2.45, 2.75) is 32.1 Å². The summed E-state index contributed by atoms with van der Waals surface area (Å²) in [6.45, 7) is 0. The largest absolute Gasteiger partial charge is 0.497 e. The van der Waals surface area contributed by atoms with Crippen molar-refractivity contribution in [3.8, 4) is 5.75 Å². The minimum absolute atomic E-state index is 0.862. The number of ether oxygens (including phenoxy) is 1. The smallest absolute Gasteiger partial charge is 0.121 e. The summed E-state index contributed by atoms with van der Waals surface area (Å²) in [4.78, 5) is 8.19. The van der Waals surface area contributed by atoms with E-state index in [0.717, 1.165) is 46.8 Å². The van der Waals surface area contributed by atoms with Gasteiger partial charge in [-0.2, -0.15) is 0 Å². The third-order valence-corrected chi connectivity index (χ3v) is 5.08. The van der Waals surface area contributed by atoms with E-state index >= 15 is 0 Å². The van der Waals surface area contributed by atoms with Crippen molar-refractivity contribution in [2.24, 2.45) is 17.8 Å². The molecule has 0 aliphatic heterocycles. The SMILES string of the molecule is COc1ccc2nc(CC3CC4CCC3C4)[nH]c2c1. The Labute approximate surface area is 113 Å². The average Bonchev–Trinajstić information content (AvgIpc) is 3.11. The zero-order valence-electron chi connectivity index (χ0n) is 11.4. The van der Waals surface area contributed by atoms with Crippen LogP contribution in [0.3, 0.4) is 0 Å². The number of imidazole rings is 1. The fraction of sp³-hybridized carbons (Fsp3) is 0.562. The number of rotatable bonds is 3. The van der Waals surface area contributed by atoms with Crippen molar-refractivity contribution < 1.29 is 4.74 Å². The molecule has 0 saturated heterocycles. The molecule has 1 heterocycles. The number of hydrogen-bond donors (Lipinski definition) is 1. The van der Waals surface area contributed by atoms with Gasteiger partial charge in [-0.25, -0.2) is 4.98 Å². The van der Waals surface area contributed by atoms with E-state index in [1.54, 1.807) is 7.11 Å². The maximum absolute atomic E-state index is 5.26. The van der Waals surface area contributed by atoms with Crippen LogP contribution in [0.5, 0.6) is 5.75 Å². The zero-order valence-corrected chi connectivity index (χ0v) is 11.4. The summed E-state index contributed by atoms with van der Waals surface area (Å²) in [6.07, 6.45) is 6.93. The lowest BCUT2D eigenvalue weighted by Crippen LogP contribution is -2.13. The molecule has 2 saturated carbocycles. The van der Waals surface area contributed by atoms with Crippen molar-refractivity contribution in [3.63, 3.8) is 0 Å². The number of benzene rings is 1. The van der Waals surface area contributed by atoms with Crippen LogP contribution < -0.4 is 4.74 Å². The molecule has 0 spiro atoms. The molecule has 3 unspecified atom stereocenters. The summed E-state index contributed by atoms with van der Waals surface area (Å²) in [5.41, 5.74) is 2.15. The Kier molecular flexibility index (Phi) is 2.54. The number of H-pyrrole nitrogens is 1. The van der Waals surface area contributed by atoms with Crippen LogP contribution in [-0.2, 0) is 6.42 Å². The van der Waals surface area contributed by atoms with Crippen LogP contribution in [0.15, 0.2) is 18.2 Å². The van der Waals surface area contributed by atoms with Gasteiger partial charge >= 0.3 is 0 Å². The molecule has 0 amide bonds. The predicted octanol–water partition coefficient (Wildman–Crippen LogP) is 3.55. The van der Waals surface area contributed by atoms with Crippen LogP contribution in [0, 0.1) is 17.8 Å². The molecule has 0 radical (unpaired) electrons. The van der Waals surface area contributed by atoms with E-state index in [1.807, 2.05) is 18.2 Å². The third-order valence-electron chi connectivity index (χ3n) is 5.08. The molecule has 100 valence electrons. The van der Waals surface area contributed by atoms with Gasteiger partial charge in [0, 0.05) is 12.5 Å². The average molecular weight is 256 g/mol. The minimum atomic E-state index is 0.862. The van der Waals surface area contributed by atoms with E-state index in [4.69, 9.17) is 9.72 Å². The van der Waals surface area contributed by atoms with Crippen LogP contribution in [0.4, 0.5) is 0 Å². The maximum Gasteiger partial charge on any atom is 0.121 e. The monoisotopic (exact) mass is 256 g/mol. The number of nitrogens with one attached hydrogen (secondary N) is 1. The first kappa shape index (κ1) is 11.3. The number of aromatic amines is 1. The predicted molar refractivity (Wildman–Crippen MR) is 75.3 cm³/mol. The Morgan fingerprint density at radius 3 is 3.00 bits per heavy atom. The molecule has 2 aliphatic carbocycles. The maximum atomic E-state index is 5.26. The molecule has 2 fully saturated rings. The van der Waals surface area contributed by atoms with Crippen LogP contribution in [-0.4, -0.2) is 17.1 Å². The van der Waals surface area contributed by atoms with Crippen molar-refractivity contribution >= 4 is 11.0 Å². The van der Waals surface area contributed by atoms with E-state index in [9.17, 15) is 0 Å². The van der Waals surface area contributed by atoms with Gasteiger partial charge in [-0.05, 0) is 49.1 Å².